The summed E-state index contributed by atoms with van der Waals surface area (Å²) in [7, 11) is 2.48. The third kappa shape index (κ3) is 2.76. The van der Waals surface area contributed by atoms with Crippen molar-refractivity contribution in [2.75, 3.05) is 5.32 Å². The summed E-state index contributed by atoms with van der Waals surface area (Å²) in [6.07, 6.45) is -4.24. The van der Waals surface area contributed by atoms with Crippen LogP contribution in [-0.2, 0) is 18.9 Å². The van der Waals surface area contributed by atoms with Gasteiger partial charge in [0.05, 0.1) is 7.05 Å². The quantitative estimate of drug-likeness (QED) is 0.656. The Morgan fingerprint density at radius 1 is 1.46 bits per heavy atom. The van der Waals surface area contributed by atoms with Crippen molar-refractivity contribution in [3.63, 3.8) is 0 Å². The second-order valence-corrected chi connectivity index (χ2v) is 4.52. The molecule has 10 nitrogen and oxygen atoms in total. The fraction of sp³-hybridized carbons (Fsp3) is 0.273. The largest absolute Gasteiger partial charge is 0.471 e. The van der Waals surface area contributed by atoms with Crippen LogP contribution in [0.3, 0.4) is 0 Å². The monoisotopic (exact) mass is 343 g/mol. The number of rotatable bonds is 3. The van der Waals surface area contributed by atoms with Gasteiger partial charge < -0.3 is 15.4 Å². The molecule has 0 saturated heterocycles. The van der Waals surface area contributed by atoms with E-state index in [9.17, 15) is 33.3 Å². The molecule has 2 heterocycles. The highest BCUT2D eigenvalue weighted by atomic mass is 19.4. The van der Waals surface area contributed by atoms with E-state index in [4.69, 9.17) is 0 Å². The number of alkyl halides is 3. The number of nitriles is 1. The van der Waals surface area contributed by atoms with Gasteiger partial charge in [0.1, 0.15) is 23.6 Å². The normalized spacial score (nSPS) is 11.2. The Morgan fingerprint density at radius 3 is 2.54 bits per heavy atom. The summed E-state index contributed by atoms with van der Waals surface area (Å²) >= 11 is 0. The Bertz CT molecular complexity index is 875. The number of nitrogens with one attached hydrogen (secondary N) is 1. The number of imidazole rings is 1. The molecule has 2 rings (SSSR count). The average Bonchev–Trinajstić information content (AvgIpc) is 2.98. The van der Waals surface area contributed by atoms with E-state index in [-0.39, 0.29) is 11.5 Å². The van der Waals surface area contributed by atoms with Gasteiger partial charge in [-0.05, 0) is 4.92 Å². The van der Waals surface area contributed by atoms with Crippen molar-refractivity contribution in [1.82, 2.24) is 19.3 Å². The van der Waals surface area contributed by atoms with Gasteiger partial charge in [-0.3, -0.25) is 9.48 Å². The summed E-state index contributed by atoms with van der Waals surface area (Å²) < 4.78 is 39.0. The minimum atomic E-state index is -5.15. The standard InChI is InChI=1S/C11H8F3N7O3/c1-19-6(21(23)24)4-16-9(19)7-5(3-15)8(20(2)18-7)17-10(22)11(12,13)14/h4H,1-2H3,(H,17,22). The van der Waals surface area contributed by atoms with E-state index < -0.39 is 34.2 Å². The molecule has 0 spiro atoms. The molecule has 0 saturated carbocycles. The van der Waals surface area contributed by atoms with Crippen molar-refractivity contribution in [3.05, 3.63) is 21.9 Å². The van der Waals surface area contributed by atoms with Gasteiger partial charge in [-0.25, -0.2) is 9.55 Å². The highest BCUT2D eigenvalue weighted by Gasteiger charge is 2.40. The zero-order valence-electron chi connectivity index (χ0n) is 12.1. The van der Waals surface area contributed by atoms with Gasteiger partial charge in [0.15, 0.2) is 5.69 Å². The molecule has 24 heavy (non-hydrogen) atoms. The minimum absolute atomic E-state index is 0.110. The number of nitro groups is 1. The summed E-state index contributed by atoms with van der Waals surface area (Å²) in [5.41, 5.74) is -0.605. The lowest BCUT2D eigenvalue weighted by molar-refractivity contribution is -0.391. The summed E-state index contributed by atoms with van der Waals surface area (Å²) in [5, 5.41) is 25.4. The lowest BCUT2D eigenvalue weighted by Gasteiger charge is -2.07. The zero-order valence-corrected chi connectivity index (χ0v) is 12.1. The summed E-state index contributed by atoms with van der Waals surface area (Å²) in [5.74, 6) is -3.29. The lowest BCUT2D eigenvalue weighted by Crippen LogP contribution is -2.31. The van der Waals surface area contributed by atoms with Gasteiger partial charge in [-0.1, -0.05) is 0 Å². The lowest BCUT2D eigenvalue weighted by atomic mass is 10.2. The molecule has 0 fully saturated rings. The van der Waals surface area contributed by atoms with Gasteiger partial charge in [-0.15, -0.1) is 0 Å². The molecule has 1 N–H and O–H groups in total. The minimum Gasteiger partial charge on any atom is -0.358 e. The third-order valence-electron chi connectivity index (χ3n) is 3.01. The van der Waals surface area contributed by atoms with Crippen LogP contribution in [0.4, 0.5) is 24.8 Å². The Balaban J connectivity index is 2.56. The smallest absolute Gasteiger partial charge is 0.358 e. The van der Waals surface area contributed by atoms with Crippen molar-refractivity contribution >= 4 is 17.5 Å². The van der Waals surface area contributed by atoms with Crippen molar-refractivity contribution in [2.45, 2.75) is 6.18 Å². The van der Waals surface area contributed by atoms with Crippen molar-refractivity contribution in [3.8, 4) is 17.6 Å². The van der Waals surface area contributed by atoms with Crippen molar-refractivity contribution in [1.29, 1.82) is 5.26 Å². The number of anilines is 1. The van der Waals surface area contributed by atoms with Crippen LogP contribution >= 0.6 is 0 Å². The molecule has 0 aliphatic carbocycles. The third-order valence-corrected chi connectivity index (χ3v) is 3.01. The zero-order chi connectivity index (χ0) is 18.2. The van der Waals surface area contributed by atoms with Crippen LogP contribution in [0.5, 0.6) is 0 Å². The molecule has 0 aliphatic rings. The van der Waals surface area contributed by atoms with Gasteiger partial charge in [0.25, 0.3) is 5.82 Å². The Labute approximate surface area is 131 Å². The molecule has 126 valence electrons. The van der Waals surface area contributed by atoms with Crippen molar-refractivity contribution < 1.29 is 22.9 Å². The van der Waals surface area contributed by atoms with E-state index in [0.29, 0.717) is 0 Å². The molecule has 2 aromatic heterocycles. The number of amides is 1. The van der Waals surface area contributed by atoms with E-state index in [1.54, 1.807) is 11.4 Å². The van der Waals surface area contributed by atoms with Gasteiger partial charge in [0, 0.05) is 7.05 Å². The first-order valence-electron chi connectivity index (χ1n) is 6.09. The average molecular weight is 343 g/mol. The number of aromatic nitrogens is 4. The van der Waals surface area contributed by atoms with Crippen LogP contribution in [0.1, 0.15) is 5.56 Å². The van der Waals surface area contributed by atoms with Gasteiger partial charge in [-0.2, -0.15) is 23.5 Å². The molecule has 0 aromatic carbocycles. The van der Waals surface area contributed by atoms with Crippen molar-refractivity contribution in [2.24, 2.45) is 14.1 Å². The second kappa shape index (κ2) is 5.65. The molecular weight excluding hydrogens is 335 g/mol. The highest BCUT2D eigenvalue weighted by molar-refractivity contribution is 5.96. The summed E-state index contributed by atoms with van der Waals surface area (Å²) in [4.78, 5) is 24.9. The van der Waals surface area contributed by atoms with Crippen LogP contribution < -0.4 is 5.32 Å². The molecule has 0 radical (unpaired) electrons. The van der Waals surface area contributed by atoms with Crippen LogP contribution in [-0.4, -0.2) is 36.3 Å². The fourth-order valence-electron chi connectivity index (χ4n) is 1.90. The molecule has 2 aromatic rings. The van der Waals surface area contributed by atoms with E-state index >= 15 is 0 Å². The number of hydrogen-bond acceptors (Lipinski definition) is 6. The molecule has 13 heteroatoms. The maximum atomic E-state index is 12.4. The molecule has 0 unspecified atom stereocenters. The Hall–Kier alpha value is -3.43. The molecular formula is C11H8F3N7O3. The number of aryl methyl sites for hydroxylation is 1. The van der Waals surface area contributed by atoms with E-state index in [2.05, 4.69) is 10.1 Å². The topological polar surface area (TPSA) is 132 Å². The number of nitrogens with zero attached hydrogens (tertiary/aromatic N) is 6. The second-order valence-electron chi connectivity index (χ2n) is 4.52. The SMILES string of the molecule is Cn1nc(-c2ncc([N+](=O)[O-])n2C)c(C#N)c1NC(=O)C(F)(F)F. The summed E-state index contributed by atoms with van der Waals surface area (Å²) in [6, 6.07) is 1.62. The van der Waals surface area contributed by atoms with Crippen LogP contribution in [0.15, 0.2) is 6.20 Å². The molecule has 0 bridgehead atoms. The maximum Gasteiger partial charge on any atom is 0.471 e. The first kappa shape index (κ1) is 16.9. The van der Waals surface area contributed by atoms with Crippen LogP contribution in [0, 0.1) is 21.4 Å². The highest BCUT2D eigenvalue weighted by Crippen LogP contribution is 2.29. The molecule has 1 amide bonds. The molecule has 0 atom stereocenters. The van der Waals surface area contributed by atoms with Crippen LogP contribution in [0.2, 0.25) is 0 Å². The number of hydrogen-bond donors (Lipinski definition) is 1. The molecule has 0 aliphatic heterocycles. The van der Waals surface area contributed by atoms with E-state index in [1.807, 2.05) is 0 Å². The number of halogens is 3. The van der Waals surface area contributed by atoms with Gasteiger partial charge >= 0.3 is 17.9 Å². The Kier molecular flexibility index (Phi) is 3.98. The van der Waals surface area contributed by atoms with E-state index in [1.165, 1.54) is 14.1 Å². The predicted octanol–water partition coefficient (Wildman–Crippen LogP) is 1.10. The first-order chi connectivity index (χ1) is 11.1. The predicted molar refractivity (Wildman–Crippen MR) is 71.5 cm³/mol. The maximum absolute atomic E-state index is 12.4. The number of carbonyl (C=O) groups is 1. The van der Waals surface area contributed by atoms with Gasteiger partial charge in [0.2, 0.25) is 0 Å². The summed E-state index contributed by atoms with van der Waals surface area (Å²) in [6.45, 7) is 0. The van der Waals surface area contributed by atoms with E-state index in [0.717, 1.165) is 15.4 Å². The Morgan fingerprint density at radius 2 is 2.08 bits per heavy atom. The van der Waals surface area contributed by atoms with Crippen LogP contribution in [0.25, 0.3) is 11.5 Å². The number of carbonyl (C=O) groups excluding carboxylic acids is 1. The fourth-order valence-corrected chi connectivity index (χ4v) is 1.90. The first-order valence-corrected chi connectivity index (χ1v) is 6.09.